The molecule has 0 aromatic heterocycles. The van der Waals surface area contributed by atoms with Gasteiger partial charge in [0.25, 0.3) is 17.5 Å². The number of carbonyl (C=O) groups excluding carboxylic acids is 2. The number of ether oxygens (including phenoxy) is 2. The molecule has 4 rings (SSSR count). The van der Waals surface area contributed by atoms with E-state index in [4.69, 9.17) is 9.47 Å². The normalized spacial score (nSPS) is 28.3. The van der Waals surface area contributed by atoms with Crippen molar-refractivity contribution in [3.8, 4) is 11.5 Å². The maximum Gasteiger partial charge on any atom is 0.282 e. The molecule has 2 bridgehead atoms. The van der Waals surface area contributed by atoms with E-state index in [0.29, 0.717) is 0 Å². The number of nitrogens with zero attached hydrogens (tertiary/aromatic N) is 3. The number of hydrogen-bond acceptors (Lipinski definition) is 7. The largest absolute Gasteiger partial charge is 0.493 e. The molecule has 1 saturated heterocycles. The molecule has 3 aliphatic rings. The van der Waals surface area contributed by atoms with Crippen LogP contribution in [-0.4, -0.2) is 42.2 Å². The Kier molecular flexibility index (Phi) is 3.94. The van der Waals surface area contributed by atoms with Gasteiger partial charge in [-0.15, -0.1) is 0 Å². The second-order valence-corrected chi connectivity index (χ2v) is 6.76. The summed E-state index contributed by atoms with van der Waals surface area (Å²) in [6, 6.07) is 2.60. The Hall–Kier alpha value is -3.23. The fourth-order valence-corrected chi connectivity index (χ4v) is 4.27. The first-order valence-corrected chi connectivity index (χ1v) is 8.46. The highest BCUT2D eigenvalue weighted by molar-refractivity contribution is 6.07. The third-order valence-electron chi connectivity index (χ3n) is 5.49. The number of carbonyl (C=O) groups is 2. The van der Waals surface area contributed by atoms with Crippen molar-refractivity contribution >= 4 is 23.7 Å². The number of benzene rings is 1. The van der Waals surface area contributed by atoms with Gasteiger partial charge in [-0.2, -0.15) is 10.1 Å². The second-order valence-electron chi connectivity index (χ2n) is 6.76. The summed E-state index contributed by atoms with van der Waals surface area (Å²) < 4.78 is 10.2. The highest BCUT2D eigenvalue weighted by Crippen LogP contribution is 2.52. The number of methoxy groups -OCH3 is 2. The number of nitro groups is 1. The SMILES string of the molecule is COc1cc(/C=N\N2C(=O)[C@@H]3[C@H](C2=O)[C@H]2C=C[C@H]3C2)c([N+](=O)[O-])cc1OC. The Bertz CT molecular complexity index is 879. The van der Waals surface area contributed by atoms with Crippen LogP contribution in [0.2, 0.25) is 0 Å². The molecule has 0 radical (unpaired) electrons. The summed E-state index contributed by atoms with van der Waals surface area (Å²) in [5, 5.41) is 16.2. The number of nitro benzene ring substituents is 1. The lowest BCUT2D eigenvalue weighted by Gasteiger charge is -2.13. The Balaban J connectivity index is 1.66. The molecule has 140 valence electrons. The molecule has 1 saturated carbocycles. The molecule has 2 amide bonds. The van der Waals surface area contributed by atoms with Crippen molar-refractivity contribution in [3.05, 3.63) is 40.0 Å². The molecule has 1 aromatic rings. The van der Waals surface area contributed by atoms with Crippen molar-refractivity contribution in [2.24, 2.45) is 28.8 Å². The van der Waals surface area contributed by atoms with Gasteiger partial charge in [0.15, 0.2) is 11.5 Å². The van der Waals surface area contributed by atoms with Crippen LogP contribution in [0.5, 0.6) is 11.5 Å². The average molecular weight is 371 g/mol. The summed E-state index contributed by atoms with van der Waals surface area (Å²) in [5.41, 5.74) is -0.158. The quantitative estimate of drug-likeness (QED) is 0.256. The van der Waals surface area contributed by atoms with Crippen LogP contribution < -0.4 is 9.47 Å². The van der Waals surface area contributed by atoms with Crippen LogP contribution in [0.25, 0.3) is 0 Å². The van der Waals surface area contributed by atoms with Crippen molar-refractivity contribution in [3.63, 3.8) is 0 Å². The van der Waals surface area contributed by atoms with Gasteiger partial charge in [-0.25, -0.2) is 0 Å². The fraction of sp³-hybridized carbons (Fsp3) is 0.389. The highest BCUT2D eigenvalue weighted by Gasteiger charge is 2.59. The maximum atomic E-state index is 12.6. The van der Waals surface area contributed by atoms with Gasteiger partial charge in [-0.3, -0.25) is 19.7 Å². The third kappa shape index (κ3) is 2.49. The van der Waals surface area contributed by atoms with Crippen molar-refractivity contribution in [2.75, 3.05) is 14.2 Å². The Labute approximate surface area is 154 Å². The molecule has 1 aliphatic heterocycles. The number of hydrazone groups is 1. The molecule has 0 N–H and O–H groups in total. The summed E-state index contributed by atoms with van der Waals surface area (Å²) in [6.07, 6.45) is 5.95. The minimum Gasteiger partial charge on any atom is -0.493 e. The number of amides is 2. The lowest BCUT2D eigenvalue weighted by Crippen LogP contribution is -2.28. The number of imide groups is 1. The van der Waals surface area contributed by atoms with E-state index < -0.39 is 4.92 Å². The van der Waals surface area contributed by atoms with Crippen LogP contribution in [0.4, 0.5) is 5.69 Å². The molecule has 27 heavy (non-hydrogen) atoms. The van der Waals surface area contributed by atoms with Gasteiger partial charge in [0.2, 0.25) is 0 Å². The molecule has 2 fully saturated rings. The van der Waals surface area contributed by atoms with Crippen molar-refractivity contribution in [2.45, 2.75) is 6.42 Å². The molecule has 9 heteroatoms. The molecular formula is C18H17N3O6. The van der Waals surface area contributed by atoms with E-state index in [1.165, 1.54) is 26.4 Å². The number of allylic oxidation sites excluding steroid dienone is 2. The predicted molar refractivity (Wildman–Crippen MR) is 93.4 cm³/mol. The van der Waals surface area contributed by atoms with Crippen LogP contribution in [0, 0.1) is 33.8 Å². The first-order chi connectivity index (χ1) is 13.0. The van der Waals surface area contributed by atoms with Gasteiger partial charge in [-0.1, -0.05) is 12.2 Å². The van der Waals surface area contributed by atoms with E-state index in [2.05, 4.69) is 5.10 Å². The van der Waals surface area contributed by atoms with Gasteiger partial charge >= 0.3 is 0 Å². The Morgan fingerprint density at radius 1 is 1.11 bits per heavy atom. The molecular weight excluding hydrogens is 354 g/mol. The van der Waals surface area contributed by atoms with Crippen LogP contribution in [0.3, 0.4) is 0 Å². The summed E-state index contributed by atoms with van der Waals surface area (Å²) in [6.45, 7) is 0. The molecule has 9 nitrogen and oxygen atoms in total. The lowest BCUT2D eigenvalue weighted by molar-refractivity contribution is -0.385. The van der Waals surface area contributed by atoms with E-state index in [9.17, 15) is 19.7 Å². The van der Waals surface area contributed by atoms with Gasteiger partial charge in [0.1, 0.15) is 0 Å². The van der Waals surface area contributed by atoms with E-state index >= 15 is 0 Å². The summed E-state index contributed by atoms with van der Waals surface area (Å²) in [7, 11) is 2.78. The fourth-order valence-electron chi connectivity index (χ4n) is 4.27. The minimum atomic E-state index is -0.587. The van der Waals surface area contributed by atoms with Gasteiger partial charge in [0, 0.05) is 0 Å². The van der Waals surface area contributed by atoms with E-state index in [-0.39, 0.29) is 58.2 Å². The monoisotopic (exact) mass is 371 g/mol. The Morgan fingerprint density at radius 2 is 1.67 bits per heavy atom. The smallest absolute Gasteiger partial charge is 0.282 e. The topological polar surface area (TPSA) is 111 Å². The van der Waals surface area contributed by atoms with Gasteiger partial charge in [-0.05, 0) is 24.3 Å². The van der Waals surface area contributed by atoms with Crippen LogP contribution in [0.1, 0.15) is 12.0 Å². The van der Waals surface area contributed by atoms with E-state index in [1.807, 2.05) is 12.2 Å². The predicted octanol–water partition coefficient (Wildman–Crippen LogP) is 1.75. The zero-order chi connectivity index (χ0) is 19.3. The zero-order valence-corrected chi connectivity index (χ0v) is 14.7. The maximum absolute atomic E-state index is 12.6. The van der Waals surface area contributed by atoms with Crippen molar-refractivity contribution < 1.29 is 24.0 Å². The number of rotatable bonds is 5. The minimum absolute atomic E-state index is 0.0760. The van der Waals surface area contributed by atoms with Crippen LogP contribution in [-0.2, 0) is 9.59 Å². The van der Waals surface area contributed by atoms with E-state index in [0.717, 1.165) is 17.6 Å². The molecule has 2 aliphatic carbocycles. The van der Waals surface area contributed by atoms with Crippen molar-refractivity contribution in [1.82, 2.24) is 5.01 Å². The average Bonchev–Trinajstić information content (AvgIpc) is 3.34. The molecule has 0 unspecified atom stereocenters. The summed E-state index contributed by atoms with van der Waals surface area (Å²) >= 11 is 0. The van der Waals surface area contributed by atoms with Crippen LogP contribution >= 0.6 is 0 Å². The summed E-state index contributed by atoms with van der Waals surface area (Å²) in [4.78, 5) is 36.0. The number of fused-ring (bicyclic) bond motifs is 5. The van der Waals surface area contributed by atoms with Gasteiger partial charge in [0.05, 0.1) is 48.8 Å². The molecule has 1 aromatic carbocycles. The van der Waals surface area contributed by atoms with Crippen molar-refractivity contribution in [1.29, 1.82) is 0 Å². The van der Waals surface area contributed by atoms with E-state index in [1.54, 1.807) is 0 Å². The Morgan fingerprint density at radius 3 is 2.19 bits per heavy atom. The van der Waals surface area contributed by atoms with Crippen LogP contribution in [0.15, 0.2) is 29.4 Å². The standard InChI is InChI=1S/C18H17N3O6/c1-26-13-6-11(12(21(24)25)7-14(13)27-2)8-19-20-17(22)15-9-3-4-10(5-9)16(15)18(20)23/h3-4,6-10,15-16H,5H2,1-2H3/b19-8-/t9-,10-,15-,16+/m0/s1. The first kappa shape index (κ1) is 17.2. The molecule has 0 spiro atoms. The third-order valence-corrected chi connectivity index (χ3v) is 5.49. The molecule has 4 atom stereocenters. The second kappa shape index (κ2) is 6.19. The lowest BCUT2D eigenvalue weighted by atomic mass is 9.85. The zero-order valence-electron chi connectivity index (χ0n) is 14.7. The summed E-state index contributed by atoms with van der Waals surface area (Å²) in [5.74, 6) is -0.800. The highest BCUT2D eigenvalue weighted by atomic mass is 16.6. The molecule has 1 heterocycles. The first-order valence-electron chi connectivity index (χ1n) is 8.46. The number of hydrogen-bond donors (Lipinski definition) is 0. The van der Waals surface area contributed by atoms with Gasteiger partial charge < -0.3 is 9.47 Å².